The number of H-pyrrole nitrogens is 1. The fourth-order valence-electron chi connectivity index (χ4n) is 3.02. The number of aromatic nitrogens is 2. The maximum absolute atomic E-state index is 12.4. The Bertz CT molecular complexity index is 1060. The van der Waals surface area contributed by atoms with Gasteiger partial charge in [-0.1, -0.05) is 72.8 Å². The van der Waals surface area contributed by atoms with Gasteiger partial charge < -0.3 is 10.1 Å². The van der Waals surface area contributed by atoms with Crippen molar-refractivity contribution < 1.29 is 9.53 Å². The normalized spacial score (nSPS) is 10.9. The van der Waals surface area contributed by atoms with E-state index in [2.05, 4.69) is 15.5 Å². The zero-order valence-electron chi connectivity index (χ0n) is 15.4. The van der Waals surface area contributed by atoms with E-state index in [9.17, 15) is 4.79 Å². The number of aromatic amines is 1. The first-order valence-corrected chi connectivity index (χ1v) is 9.20. The second-order valence-electron chi connectivity index (χ2n) is 6.60. The molecule has 140 valence electrons. The SMILES string of the molecule is O=C(NCc1ccc(COCc2ccccc2)cc1)c1n[nH]c2ccccc12. The van der Waals surface area contributed by atoms with E-state index in [-0.39, 0.29) is 5.91 Å². The van der Waals surface area contributed by atoms with Crippen LogP contribution in [-0.2, 0) is 24.5 Å². The van der Waals surface area contributed by atoms with Gasteiger partial charge in [0.2, 0.25) is 0 Å². The van der Waals surface area contributed by atoms with Gasteiger partial charge in [0, 0.05) is 11.9 Å². The zero-order chi connectivity index (χ0) is 19.2. The largest absolute Gasteiger partial charge is 0.372 e. The number of amides is 1. The van der Waals surface area contributed by atoms with Crippen LogP contribution in [0.4, 0.5) is 0 Å². The van der Waals surface area contributed by atoms with Crippen LogP contribution >= 0.6 is 0 Å². The highest BCUT2D eigenvalue weighted by Gasteiger charge is 2.13. The molecule has 0 unspecified atom stereocenters. The second-order valence-corrected chi connectivity index (χ2v) is 6.60. The summed E-state index contributed by atoms with van der Waals surface area (Å²) in [6.45, 7) is 1.60. The predicted molar refractivity (Wildman–Crippen MR) is 109 cm³/mol. The average Bonchev–Trinajstić information content (AvgIpc) is 3.18. The molecule has 1 aromatic heterocycles. The number of fused-ring (bicyclic) bond motifs is 1. The van der Waals surface area contributed by atoms with Crippen LogP contribution in [-0.4, -0.2) is 16.1 Å². The van der Waals surface area contributed by atoms with Crippen LogP contribution < -0.4 is 5.32 Å². The van der Waals surface area contributed by atoms with Gasteiger partial charge in [-0.25, -0.2) is 0 Å². The quantitative estimate of drug-likeness (QED) is 0.511. The zero-order valence-corrected chi connectivity index (χ0v) is 15.4. The molecule has 3 aromatic carbocycles. The lowest BCUT2D eigenvalue weighted by Gasteiger charge is -2.07. The third-order valence-electron chi connectivity index (χ3n) is 4.54. The minimum atomic E-state index is -0.187. The van der Waals surface area contributed by atoms with E-state index in [0.29, 0.717) is 25.5 Å². The molecule has 0 spiro atoms. The molecule has 4 rings (SSSR count). The fraction of sp³-hybridized carbons (Fsp3) is 0.130. The molecule has 5 nitrogen and oxygen atoms in total. The number of carbonyl (C=O) groups excluding carboxylic acids is 1. The van der Waals surface area contributed by atoms with Gasteiger partial charge in [0.15, 0.2) is 5.69 Å². The summed E-state index contributed by atoms with van der Waals surface area (Å²) in [5, 5.41) is 10.8. The number of benzene rings is 3. The molecule has 0 aliphatic heterocycles. The minimum absolute atomic E-state index is 0.187. The fourth-order valence-corrected chi connectivity index (χ4v) is 3.02. The molecule has 0 aliphatic carbocycles. The molecular weight excluding hydrogens is 350 g/mol. The first-order valence-electron chi connectivity index (χ1n) is 9.20. The van der Waals surface area contributed by atoms with E-state index < -0.39 is 0 Å². The van der Waals surface area contributed by atoms with E-state index >= 15 is 0 Å². The van der Waals surface area contributed by atoms with E-state index in [4.69, 9.17) is 4.74 Å². The molecule has 0 saturated carbocycles. The van der Waals surface area contributed by atoms with E-state index in [1.54, 1.807) is 0 Å². The third kappa shape index (κ3) is 4.27. The smallest absolute Gasteiger partial charge is 0.272 e. The minimum Gasteiger partial charge on any atom is -0.372 e. The molecule has 1 amide bonds. The molecule has 5 heteroatoms. The number of hydrogen-bond acceptors (Lipinski definition) is 3. The highest BCUT2D eigenvalue weighted by molar-refractivity contribution is 6.04. The van der Waals surface area contributed by atoms with Crippen molar-refractivity contribution in [3.63, 3.8) is 0 Å². The van der Waals surface area contributed by atoms with Gasteiger partial charge in [0.05, 0.1) is 18.7 Å². The maximum Gasteiger partial charge on any atom is 0.272 e. The summed E-state index contributed by atoms with van der Waals surface area (Å²) >= 11 is 0. The molecule has 1 heterocycles. The number of carbonyl (C=O) groups is 1. The van der Waals surface area contributed by atoms with Gasteiger partial charge in [-0.05, 0) is 22.8 Å². The Labute approximate surface area is 163 Å². The molecule has 0 fully saturated rings. The number of rotatable bonds is 7. The van der Waals surface area contributed by atoms with Crippen molar-refractivity contribution in [2.24, 2.45) is 0 Å². The molecule has 28 heavy (non-hydrogen) atoms. The highest BCUT2D eigenvalue weighted by Crippen LogP contribution is 2.15. The van der Waals surface area contributed by atoms with Gasteiger partial charge in [0.1, 0.15) is 0 Å². The van der Waals surface area contributed by atoms with Crippen molar-refractivity contribution in [3.05, 3.63) is 101 Å². The molecule has 0 radical (unpaired) electrons. The molecule has 0 atom stereocenters. The van der Waals surface area contributed by atoms with Gasteiger partial charge in [-0.3, -0.25) is 9.89 Å². The number of nitrogens with one attached hydrogen (secondary N) is 2. The summed E-state index contributed by atoms with van der Waals surface area (Å²) in [5.74, 6) is -0.187. The summed E-state index contributed by atoms with van der Waals surface area (Å²) in [6, 6.07) is 25.8. The van der Waals surface area contributed by atoms with Crippen LogP contribution in [0.2, 0.25) is 0 Å². The van der Waals surface area contributed by atoms with Crippen molar-refractivity contribution in [1.29, 1.82) is 0 Å². The lowest BCUT2D eigenvalue weighted by Crippen LogP contribution is -2.23. The summed E-state index contributed by atoms with van der Waals surface area (Å²) in [7, 11) is 0. The summed E-state index contributed by atoms with van der Waals surface area (Å²) < 4.78 is 5.75. The summed E-state index contributed by atoms with van der Waals surface area (Å²) in [4.78, 5) is 12.4. The molecule has 0 bridgehead atoms. The molecule has 2 N–H and O–H groups in total. The Kier molecular flexibility index (Phi) is 5.45. The van der Waals surface area contributed by atoms with Crippen molar-refractivity contribution >= 4 is 16.8 Å². The van der Waals surface area contributed by atoms with Crippen molar-refractivity contribution in [1.82, 2.24) is 15.5 Å². The van der Waals surface area contributed by atoms with Crippen LogP contribution in [0.3, 0.4) is 0 Å². The van der Waals surface area contributed by atoms with Crippen LogP contribution in [0.15, 0.2) is 78.9 Å². The third-order valence-corrected chi connectivity index (χ3v) is 4.54. The molecule has 4 aromatic rings. The predicted octanol–water partition coefficient (Wildman–Crippen LogP) is 4.21. The Morgan fingerprint density at radius 2 is 1.46 bits per heavy atom. The summed E-state index contributed by atoms with van der Waals surface area (Å²) in [5.41, 5.74) is 4.56. The molecule has 0 aliphatic rings. The van der Waals surface area contributed by atoms with Gasteiger partial charge in [-0.2, -0.15) is 5.10 Å². The van der Waals surface area contributed by atoms with Crippen LogP contribution in [0.5, 0.6) is 0 Å². The monoisotopic (exact) mass is 371 g/mol. The lowest BCUT2D eigenvalue weighted by molar-refractivity contribution is 0.0947. The Hall–Kier alpha value is -3.44. The standard InChI is InChI=1S/C23H21N3O2/c27-23(22-20-8-4-5-9-21(20)25-26-22)24-14-17-10-12-19(13-11-17)16-28-15-18-6-2-1-3-7-18/h1-13H,14-16H2,(H,24,27)(H,25,26). The van der Waals surface area contributed by atoms with Crippen molar-refractivity contribution in [3.8, 4) is 0 Å². The van der Waals surface area contributed by atoms with E-state index in [1.807, 2.05) is 78.9 Å². The Morgan fingerprint density at radius 3 is 2.25 bits per heavy atom. The number of ether oxygens (including phenoxy) is 1. The average molecular weight is 371 g/mol. The van der Waals surface area contributed by atoms with E-state index in [1.165, 1.54) is 0 Å². The van der Waals surface area contributed by atoms with Gasteiger partial charge in [-0.15, -0.1) is 0 Å². The molecular formula is C23H21N3O2. The van der Waals surface area contributed by atoms with Crippen molar-refractivity contribution in [2.75, 3.05) is 0 Å². The first kappa shape index (κ1) is 17.9. The van der Waals surface area contributed by atoms with Crippen LogP contribution in [0.25, 0.3) is 10.9 Å². The molecule has 0 saturated heterocycles. The topological polar surface area (TPSA) is 67.0 Å². The van der Waals surface area contributed by atoms with Gasteiger partial charge in [0.25, 0.3) is 5.91 Å². The van der Waals surface area contributed by atoms with Crippen LogP contribution in [0.1, 0.15) is 27.2 Å². The maximum atomic E-state index is 12.4. The number of nitrogens with zero attached hydrogens (tertiary/aromatic N) is 1. The van der Waals surface area contributed by atoms with Crippen molar-refractivity contribution in [2.45, 2.75) is 19.8 Å². The highest BCUT2D eigenvalue weighted by atomic mass is 16.5. The Balaban J connectivity index is 1.29. The lowest BCUT2D eigenvalue weighted by atomic mass is 10.1. The van der Waals surface area contributed by atoms with Gasteiger partial charge >= 0.3 is 0 Å². The summed E-state index contributed by atoms with van der Waals surface area (Å²) in [6.07, 6.45) is 0. The Morgan fingerprint density at radius 1 is 0.821 bits per heavy atom. The first-order chi connectivity index (χ1) is 13.8. The second kappa shape index (κ2) is 8.50. The number of para-hydroxylation sites is 1. The van der Waals surface area contributed by atoms with E-state index in [0.717, 1.165) is 27.6 Å². The van der Waals surface area contributed by atoms with Crippen LogP contribution in [0, 0.1) is 0 Å². The number of hydrogen-bond donors (Lipinski definition) is 2.